The Labute approximate surface area is 170 Å². The number of ether oxygens (including phenoxy) is 3. The molecule has 28 heavy (non-hydrogen) atoms. The first kappa shape index (κ1) is 19.9. The fourth-order valence-electron chi connectivity index (χ4n) is 3.00. The van der Waals surface area contributed by atoms with Crippen molar-refractivity contribution < 1.29 is 19.0 Å². The van der Waals surface area contributed by atoms with Gasteiger partial charge in [0, 0.05) is 5.70 Å². The monoisotopic (exact) mass is 449 g/mol. The van der Waals surface area contributed by atoms with Crippen LogP contribution in [0, 0.1) is 0 Å². The Morgan fingerprint density at radius 1 is 1.46 bits per heavy atom. The summed E-state index contributed by atoms with van der Waals surface area (Å²) < 4.78 is 18.7. The van der Waals surface area contributed by atoms with Gasteiger partial charge in [0.25, 0.3) is 0 Å². The van der Waals surface area contributed by atoms with Gasteiger partial charge in [-0.1, -0.05) is 17.8 Å². The van der Waals surface area contributed by atoms with Crippen molar-refractivity contribution >= 4 is 27.8 Å². The molecule has 0 bridgehead atoms. The van der Waals surface area contributed by atoms with Crippen LogP contribution in [0.25, 0.3) is 0 Å². The van der Waals surface area contributed by atoms with E-state index < -0.39 is 12.0 Å². The van der Waals surface area contributed by atoms with Gasteiger partial charge in [-0.05, 0) is 57.9 Å². The molecule has 0 saturated heterocycles. The van der Waals surface area contributed by atoms with E-state index in [0.717, 1.165) is 5.56 Å². The molecule has 0 spiro atoms. The van der Waals surface area contributed by atoms with E-state index in [4.69, 9.17) is 14.2 Å². The van der Waals surface area contributed by atoms with Gasteiger partial charge >= 0.3 is 5.97 Å². The zero-order chi connectivity index (χ0) is 20.3. The summed E-state index contributed by atoms with van der Waals surface area (Å²) in [7, 11) is 1.56. The first-order chi connectivity index (χ1) is 13.5. The number of esters is 1. The fourth-order valence-corrected chi connectivity index (χ4v) is 3.63. The average molecular weight is 450 g/mol. The van der Waals surface area contributed by atoms with Crippen LogP contribution in [0.4, 0.5) is 5.95 Å². The molecule has 1 unspecified atom stereocenters. The van der Waals surface area contributed by atoms with E-state index in [-0.39, 0.29) is 6.61 Å². The molecular formula is C18H20BrN5O4. The molecule has 0 fully saturated rings. The molecule has 9 nitrogen and oxygen atoms in total. The van der Waals surface area contributed by atoms with Crippen molar-refractivity contribution in [3.63, 3.8) is 0 Å². The van der Waals surface area contributed by atoms with Gasteiger partial charge in [-0.25, -0.2) is 4.79 Å². The maximum Gasteiger partial charge on any atom is 0.338 e. The van der Waals surface area contributed by atoms with Crippen LogP contribution in [0.15, 0.2) is 40.5 Å². The summed E-state index contributed by atoms with van der Waals surface area (Å²) in [5.74, 6) is 1.04. The number of anilines is 1. The molecule has 2 aromatic rings. The molecule has 2 heterocycles. The van der Waals surface area contributed by atoms with Crippen LogP contribution in [0.1, 0.15) is 25.5 Å². The Balaban J connectivity index is 2.16. The molecule has 1 aliphatic rings. The van der Waals surface area contributed by atoms with Crippen molar-refractivity contribution in [1.29, 1.82) is 0 Å². The van der Waals surface area contributed by atoms with E-state index in [0.29, 0.717) is 39.8 Å². The van der Waals surface area contributed by atoms with E-state index in [1.807, 2.05) is 19.1 Å². The molecule has 0 saturated carbocycles. The molecule has 1 N–H and O–H groups in total. The van der Waals surface area contributed by atoms with Gasteiger partial charge in [-0.2, -0.15) is 4.68 Å². The standard InChI is InChI=1S/C18H20BrN5O4/c1-5-7-28-17(25)14-10(3)20-18-21-22-23-24(18)15(14)11-8-12(19)16(26-4)13(9-11)27-6-2/h5,8-9,15H,1,6-7H2,2-4H3,(H,20,21,23). The van der Waals surface area contributed by atoms with E-state index >= 15 is 0 Å². The van der Waals surface area contributed by atoms with Gasteiger partial charge in [0.2, 0.25) is 5.95 Å². The van der Waals surface area contributed by atoms with Gasteiger partial charge in [0.1, 0.15) is 12.6 Å². The topological polar surface area (TPSA) is 100 Å². The Kier molecular flexibility index (Phi) is 5.98. The van der Waals surface area contributed by atoms with Crippen molar-refractivity contribution in [2.45, 2.75) is 19.9 Å². The number of benzene rings is 1. The van der Waals surface area contributed by atoms with Gasteiger partial charge < -0.3 is 19.5 Å². The maximum atomic E-state index is 12.8. The van der Waals surface area contributed by atoms with Crippen LogP contribution < -0.4 is 14.8 Å². The number of allylic oxidation sites excluding steroid dienone is 1. The number of hydrogen-bond donors (Lipinski definition) is 1. The van der Waals surface area contributed by atoms with Crippen LogP contribution >= 0.6 is 15.9 Å². The summed E-state index contributed by atoms with van der Waals surface area (Å²) >= 11 is 3.51. The summed E-state index contributed by atoms with van der Waals surface area (Å²) in [6.07, 6.45) is 1.51. The highest BCUT2D eigenvalue weighted by molar-refractivity contribution is 9.10. The van der Waals surface area contributed by atoms with Crippen LogP contribution in [-0.2, 0) is 9.53 Å². The first-order valence-corrected chi connectivity index (χ1v) is 9.35. The Bertz CT molecular complexity index is 940. The number of nitrogens with one attached hydrogen (secondary N) is 1. The maximum absolute atomic E-state index is 12.8. The van der Waals surface area contributed by atoms with E-state index in [1.54, 1.807) is 14.0 Å². The zero-order valence-corrected chi connectivity index (χ0v) is 17.3. The molecule has 3 rings (SSSR count). The SMILES string of the molecule is C=CCOC(=O)C1=C(C)Nc2nnnn2C1c1cc(Br)c(OC)c(OCC)c1. The predicted octanol–water partition coefficient (Wildman–Crippen LogP) is 2.86. The van der Waals surface area contributed by atoms with Crippen molar-refractivity contribution in [3.8, 4) is 11.5 Å². The molecule has 0 aliphatic carbocycles. The molecule has 1 atom stereocenters. The Hall–Kier alpha value is -2.88. The molecule has 0 radical (unpaired) electrons. The number of nitrogens with zero attached hydrogens (tertiary/aromatic N) is 4. The van der Waals surface area contributed by atoms with Gasteiger partial charge in [-0.3, -0.25) is 0 Å². The second-order valence-corrected chi connectivity index (χ2v) is 6.72. The number of carbonyl (C=O) groups is 1. The molecule has 1 aromatic heterocycles. The highest BCUT2D eigenvalue weighted by atomic mass is 79.9. The summed E-state index contributed by atoms with van der Waals surface area (Å²) in [6, 6.07) is 3.05. The Morgan fingerprint density at radius 3 is 2.93 bits per heavy atom. The average Bonchev–Trinajstić information content (AvgIpc) is 3.12. The lowest BCUT2D eigenvalue weighted by Crippen LogP contribution is -2.29. The van der Waals surface area contributed by atoms with Crippen LogP contribution in [-0.4, -0.2) is 46.5 Å². The van der Waals surface area contributed by atoms with E-state index in [9.17, 15) is 4.79 Å². The number of aromatic nitrogens is 4. The van der Waals surface area contributed by atoms with Gasteiger partial charge in [0.15, 0.2) is 11.5 Å². The van der Waals surface area contributed by atoms with Crippen molar-refractivity contribution in [3.05, 3.63) is 46.1 Å². The third-order valence-corrected chi connectivity index (χ3v) is 4.71. The third-order valence-electron chi connectivity index (χ3n) is 4.12. The highest BCUT2D eigenvalue weighted by Crippen LogP contribution is 2.42. The second-order valence-electron chi connectivity index (χ2n) is 5.87. The number of hydrogen-bond acceptors (Lipinski definition) is 8. The lowest BCUT2D eigenvalue weighted by Gasteiger charge is -2.28. The van der Waals surface area contributed by atoms with E-state index in [2.05, 4.69) is 43.4 Å². The number of methoxy groups -OCH3 is 1. The van der Waals surface area contributed by atoms with Crippen LogP contribution in [0.5, 0.6) is 11.5 Å². The number of halogens is 1. The minimum absolute atomic E-state index is 0.0985. The Morgan fingerprint density at radius 2 is 2.25 bits per heavy atom. The normalized spacial score (nSPS) is 15.5. The molecular weight excluding hydrogens is 430 g/mol. The van der Waals surface area contributed by atoms with E-state index in [1.165, 1.54) is 10.8 Å². The molecule has 10 heteroatoms. The van der Waals surface area contributed by atoms with Crippen molar-refractivity contribution in [1.82, 2.24) is 20.2 Å². The number of tetrazole rings is 1. The van der Waals surface area contributed by atoms with Gasteiger partial charge in [0.05, 0.1) is 23.8 Å². The van der Waals surface area contributed by atoms with Crippen molar-refractivity contribution in [2.75, 3.05) is 25.6 Å². The predicted molar refractivity (Wildman–Crippen MR) is 105 cm³/mol. The highest BCUT2D eigenvalue weighted by Gasteiger charge is 2.35. The molecule has 1 aromatic carbocycles. The number of fused-ring (bicyclic) bond motifs is 1. The van der Waals surface area contributed by atoms with Crippen LogP contribution in [0.2, 0.25) is 0 Å². The van der Waals surface area contributed by atoms with Gasteiger partial charge in [-0.15, -0.1) is 0 Å². The summed E-state index contributed by atoms with van der Waals surface area (Å²) in [6.45, 7) is 7.79. The summed E-state index contributed by atoms with van der Waals surface area (Å²) in [5, 5.41) is 14.8. The minimum Gasteiger partial charge on any atom is -0.492 e. The van der Waals surface area contributed by atoms with Crippen LogP contribution in [0.3, 0.4) is 0 Å². The lowest BCUT2D eigenvalue weighted by molar-refractivity contribution is -0.138. The number of carbonyl (C=O) groups excluding carboxylic acids is 1. The summed E-state index contributed by atoms with van der Waals surface area (Å²) in [5.41, 5.74) is 1.73. The quantitative estimate of drug-likeness (QED) is 0.508. The van der Waals surface area contributed by atoms with Crippen molar-refractivity contribution in [2.24, 2.45) is 0 Å². The lowest BCUT2D eigenvalue weighted by atomic mass is 9.95. The molecule has 148 valence electrons. The zero-order valence-electron chi connectivity index (χ0n) is 15.7. The first-order valence-electron chi connectivity index (χ1n) is 8.55. The number of rotatable bonds is 7. The molecule has 0 amide bonds. The fraction of sp³-hybridized carbons (Fsp3) is 0.333. The summed E-state index contributed by atoms with van der Waals surface area (Å²) in [4.78, 5) is 12.8. The molecule has 1 aliphatic heterocycles. The third kappa shape index (κ3) is 3.59. The minimum atomic E-state index is -0.607. The second kappa shape index (κ2) is 8.42. The smallest absolute Gasteiger partial charge is 0.338 e. The largest absolute Gasteiger partial charge is 0.492 e.